The van der Waals surface area contributed by atoms with Crippen molar-refractivity contribution in [3.05, 3.63) is 41.5 Å². The van der Waals surface area contributed by atoms with Crippen molar-refractivity contribution < 1.29 is 19.0 Å². The van der Waals surface area contributed by atoms with Crippen molar-refractivity contribution in [3.8, 4) is 17.2 Å². The van der Waals surface area contributed by atoms with Crippen LogP contribution in [0.15, 0.2) is 35.5 Å². The third-order valence-electron chi connectivity index (χ3n) is 4.49. The van der Waals surface area contributed by atoms with E-state index in [4.69, 9.17) is 14.2 Å². The molecule has 0 bridgehead atoms. The largest absolute Gasteiger partial charge is 0.497 e. The van der Waals surface area contributed by atoms with Crippen LogP contribution in [-0.4, -0.2) is 42.3 Å². The monoisotopic (exact) mass is 370 g/mol. The number of imidazole rings is 1. The number of Topliss-reactive ketones (excluding diaryl/α,β-unsaturated/α-hetero) is 1. The molecule has 0 saturated carbocycles. The van der Waals surface area contributed by atoms with E-state index in [9.17, 15) is 4.79 Å². The number of hydrogen-bond donors (Lipinski definition) is 1. The number of nitrogens with one attached hydrogen (secondary N) is 1. The van der Waals surface area contributed by atoms with Crippen LogP contribution in [0.1, 0.15) is 15.9 Å². The van der Waals surface area contributed by atoms with Gasteiger partial charge >= 0.3 is 0 Å². The normalized spacial score (nSPS) is 16.0. The molecule has 7 heteroatoms. The van der Waals surface area contributed by atoms with Crippen LogP contribution in [0.4, 0.5) is 0 Å². The highest BCUT2D eigenvalue weighted by molar-refractivity contribution is 8.00. The van der Waals surface area contributed by atoms with Crippen LogP contribution >= 0.6 is 11.8 Å². The standard InChI is InChI=1S/C19H18N2O4S/c1-23-11-4-5-13-14(8-11)21-19(20-13)26-17-7-10-6-15(24-2)16(25-3)9-12(10)18(17)22/h4-6,8-9,17H,7H2,1-3H3,(H,20,21)/t17-/m1/s1. The Hall–Kier alpha value is -2.67. The van der Waals surface area contributed by atoms with E-state index in [1.54, 1.807) is 27.4 Å². The first-order chi connectivity index (χ1) is 12.6. The first-order valence-electron chi connectivity index (χ1n) is 8.12. The fraction of sp³-hybridized carbons (Fsp3) is 0.263. The minimum absolute atomic E-state index is 0.0870. The first kappa shape index (κ1) is 16.8. The molecule has 0 radical (unpaired) electrons. The predicted octanol–water partition coefficient (Wildman–Crippen LogP) is 3.49. The van der Waals surface area contributed by atoms with Crippen LogP contribution in [0, 0.1) is 0 Å². The van der Waals surface area contributed by atoms with Gasteiger partial charge in [0.15, 0.2) is 22.4 Å². The Kier molecular flexibility index (Phi) is 4.24. The van der Waals surface area contributed by atoms with Crippen molar-refractivity contribution in [3.63, 3.8) is 0 Å². The molecule has 3 aromatic rings. The molecule has 134 valence electrons. The lowest BCUT2D eigenvalue weighted by Crippen LogP contribution is -2.11. The van der Waals surface area contributed by atoms with Crippen LogP contribution in [-0.2, 0) is 6.42 Å². The maximum atomic E-state index is 12.8. The molecule has 1 heterocycles. The van der Waals surface area contributed by atoms with E-state index in [-0.39, 0.29) is 11.0 Å². The van der Waals surface area contributed by atoms with Gasteiger partial charge in [0.2, 0.25) is 0 Å². The van der Waals surface area contributed by atoms with Crippen molar-refractivity contribution in [1.29, 1.82) is 0 Å². The van der Waals surface area contributed by atoms with Crippen molar-refractivity contribution in [2.45, 2.75) is 16.8 Å². The molecular formula is C19H18N2O4S. The second kappa shape index (κ2) is 6.57. The number of thioether (sulfide) groups is 1. The molecule has 1 N–H and O–H groups in total. The van der Waals surface area contributed by atoms with E-state index in [0.717, 1.165) is 27.5 Å². The van der Waals surface area contributed by atoms with Crippen molar-refractivity contribution in [2.75, 3.05) is 21.3 Å². The predicted molar refractivity (Wildman–Crippen MR) is 99.9 cm³/mol. The molecule has 4 rings (SSSR count). The summed E-state index contributed by atoms with van der Waals surface area (Å²) < 4.78 is 15.9. The lowest BCUT2D eigenvalue weighted by atomic mass is 10.1. The molecule has 6 nitrogen and oxygen atoms in total. The molecule has 0 spiro atoms. The van der Waals surface area contributed by atoms with Gasteiger partial charge in [-0.2, -0.15) is 0 Å². The van der Waals surface area contributed by atoms with E-state index in [1.165, 1.54) is 11.8 Å². The zero-order valence-corrected chi connectivity index (χ0v) is 15.5. The van der Waals surface area contributed by atoms with Crippen LogP contribution in [0.25, 0.3) is 11.0 Å². The number of nitrogens with zero attached hydrogens (tertiary/aromatic N) is 1. The molecule has 0 amide bonds. The summed E-state index contributed by atoms with van der Waals surface area (Å²) in [4.78, 5) is 20.6. The quantitative estimate of drug-likeness (QED) is 0.741. The topological polar surface area (TPSA) is 73.4 Å². The van der Waals surface area contributed by atoms with Gasteiger partial charge in [-0.05, 0) is 36.2 Å². The SMILES string of the molecule is COc1ccc2nc(S[C@@H]3Cc4cc(OC)c(OC)cc4C3=O)[nH]c2c1. The van der Waals surface area contributed by atoms with Crippen LogP contribution in [0.3, 0.4) is 0 Å². The van der Waals surface area contributed by atoms with Gasteiger partial charge in [-0.25, -0.2) is 4.98 Å². The van der Waals surface area contributed by atoms with E-state index in [0.29, 0.717) is 23.5 Å². The van der Waals surface area contributed by atoms with E-state index < -0.39 is 0 Å². The van der Waals surface area contributed by atoms with Crippen molar-refractivity contribution in [2.24, 2.45) is 0 Å². The summed E-state index contributed by atoms with van der Waals surface area (Å²) in [5.41, 5.74) is 3.40. The number of rotatable bonds is 5. The summed E-state index contributed by atoms with van der Waals surface area (Å²) >= 11 is 1.44. The van der Waals surface area contributed by atoms with Crippen LogP contribution in [0.2, 0.25) is 0 Å². The fourth-order valence-corrected chi connectivity index (χ4v) is 4.25. The highest BCUT2D eigenvalue weighted by atomic mass is 32.2. The number of carbonyl (C=O) groups excluding carboxylic acids is 1. The van der Waals surface area contributed by atoms with Gasteiger partial charge < -0.3 is 19.2 Å². The molecule has 1 aromatic heterocycles. The maximum Gasteiger partial charge on any atom is 0.177 e. The Balaban J connectivity index is 1.60. The highest BCUT2D eigenvalue weighted by Crippen LogP contribution is 2.39. The van der Waals surface area contributed by atoms with Crippen LogP contribution in [0.5, 0.6) is 17.2 Å². The smallest absolute Gasteiger partial charge is 0.177 e. The Morgan fingerprint density at radius 2 is 1.85 bits per heavy atom. The Labute approximate surface area is 154 Å². The number of aromatic amines is 1. The number of benzene rings is 2. The number of ether oxygens (including phenoxy) is 3. The second-order valence-electron chi connectivity index (χ2n) is 5.96. The summed E-state index contributed by atoms with van der Waals surface area (Å²) in [7, 11) is 4.79. The minimum atomic E-state index is -0.218. The summed E-state index contributed by atoms with van der Waals surface area (Å²) in [6.45, 7) is 0. The summed E-state index contributed by atoms with van der Waals surface area (Å²) in [5.74, 6) is 2.06. The molecule has 2 aromatic carbocycles. The number of ketones is 1. The minimum Gasteiger partial charge on any atom is -0.497 e. The molecule has 0 unspecified atom stereocenters. The number of fused-ring (bicyclic) bond motifs is 2. The molecule has 0 fully saturated rings. The molecule has 26 heavy (non-hydrogen) atoms. The number of methoxy groups -OCH3 is 3. The molecule has 1 aliphatic carbocycles. The second-order valence-corrected chi connectivity index (χ2v) is 7.16. The van der Waals surface area contributed by atoms with Gasteiger partial charge in [0.25, 0.3) is 0 Å². The summed E-state index contributed by atoms with van der Waals surface area (Å²) in [6.07, 6.45) is 0.638. The van der Waals surface area contributed by atoms with Crippen molar-refractivity contribution in [1.82, 2.24) is 9.97 Å². The molecular weight excluding hydrogens is 352 g/mol. The summed E-state index contributed by atoms with van der Waals surface area (Å²) in [5, 5.41) is 0.502. The summed E-state index contributed by atoms with van der Waals surface area (Å²) in [6, 6.07) is 9.31. The third kappa shape index (κ3) is 2.78. The maximum absolute atomic E-state index is 12.8. The third-order valence-corrected chi connectivity index (χ3v) is 5.58. The number of hydrogen-bond acceptors (Lipinski definition) is 6. The van der Waals surface area contributed by atoms with E-state index >= 15 is 0 Å². The average Bonchev–Trinajstić information content (AvgIpc) is 3.20. The Bertz CT molecular complexity index is 999. The van der Waals surface area contributed by atoms with Gasteiger partial charge in [0, 0.05) is 11.6 Å². The first-order valence-corrected chi connectivity index (χ1v) is 9.00. The van der Waals surface area contributed by atoms with Crippen LogP contribution < -0.4 is 14.2 Å². The van der Waals surface area contributed by atoms with E-state index in [1.807, 2.05) is 24.3 Å². The fourth-order valence-electron chi connectivity index (χ4n) is 3.16. The molecule has 0 aliphatic heterocycles. The van der Waals surface area contributed by atoms with Gasteiger partial charge in [0.05, 0.1) is 37.6 Å². The molecule has 1 atom stereocenters. The lowest BCUT2D eigenvalue weighted by Gasteiger charge is -2.09. The Morgan fingerprint density at radius 1 is 1.08 bits per heavy atom. The van der Waals surface area contributed by atoms with Gasteiger partial charge in [-0.3, -0.25) is 4.79 Å². The number of H-pyrrole nitrogens is 1. The van der Waals surface area contributed by atoms with E-state index in [2.05, 4.69) is 9.97 Å². The highest BCUT2D eigenvalue weighted by Gasteiger charge is 2.33. The average molecular weight is 370 g/mol. The van der Waals surface area contributed by atoms with Crippen molar-refractivity contribution >= 4 is 28.6 Å². The van der Waals surface area contributed by atoms with Gasteiger partial charge in [-0.15, -0.1) is 0 Å². The van der Waals surface area contributed by atoms with Gasteiger partial charge in [-0.1, -0.05) is 11.8 Å². The lowest BCUT2D eigenvalue weighted by molar-refractivity contribution is 0.1000. The van der Waals surface area contributed by atoms with Gasteiger partial charge in [0.1, 0.15) is 5.75 Å². The number of aromatic nitrogens is 2. The number of carbonyl (C=O) groups is 1. The zero-order chi connectivity index (χ0) is 18.3. The zero-order valence-electron chi connectivity index (χ0n) is 14.7. The Morgan fingerprint density at radius 3 is 2.58 bits per heavy atom. The molecule has 1 aliphatic rings. The molecule has 0 saturated heterocycles.